The molecule has 1 N–H and O–H groups in total. The third kappa shape index (κ3) is 3.42. The van der Waals surface area contributed by atoms with Crippen molar-refractivity contribution in [2.45, 2.75) is 19.6 Å². The van der Waals surface area contributed by atoms with Crippen LogP contribution in [0.1, 0.15) is 24.4 Å². The summed E-state index contributed by atoms with van der Waals surface area (Å²) in [4.78, 5) is 8.16. The third-order valence-electron chi connectivity index (χ3n) is 2.65. The van der Waals surface area contributed by atoms with E-state index in [2.05, 4.69) is 9.97 Å². The highest BCUT2D eigenvalue weighted by atomic mass is 16.5. The Morgan fingerprint density at radius 1 is 1.26 bits per heavy atom. The van der Waals surface area contributed by atoms with E-state index in [1.807, 2.05) is 0 Å². The Morgan fingerprint density at radius 2 is 2.00 bits per heavy atom. The molecule has 5 nitrogen and oxygen atoms in total. The van der Waals surface area contributed by atoms with Gasteiger partial charge in [0.1, 0.15) is 18.1 Å². The number of hydrogen-bond acceptors (Lipinski definition) is 5. The Morgan fingerprint density at radius 3 is 2.63 bits per heavy atom. The van der Waals surface area contributed by atoms with Gasteiger partial charge in [-0.15, -0.1) is 0 Å². The van der Waals surface area contributed by atoms with Crippen LogP contribution in [-0.4, -0.2) is 22.2 Å². The second-order valence-electron chi connectivity index (χ2n) is 4.03. The van der Waals surface area contributed by atoms with Gasteiger partial charge in [0.05, 0.1) is 13.2 Å². The second kappa shape index (κ2) is 6.15. The lowest BCUT2D eigenvalue weighted by Crippen LogP contribution is -2.04. The molecule has 1 heterocycles. The van der Waals surface area contributed by atoms with Gasteiger partial charge in [-0.2, -0.15) is 0 Å². The molecule has 2 rings (SSSR count). The second-order valence-corrected chi connectivity index (χ2v) is 4.03. The lowest BCUT2D eigenvalue weighted by molar-refractivity contribution is 0.189. The molecule has 5 heteroatoms. The maximum Gasteiger partial charge on any atom is 0.166 e. The number of aromatic nitrogens is 2. The standard InChI is InChI=1S/C14H16N2O3/c1-10(17)12-5-4-11(18-2)8-13(12)19-9-14-15-6-3-7-16-14/h3-8,10,17H,9H2,1-2H3. The molecule has 0 bridgehead atoms. The van der Waals surface area contributed by atoms with Gasteiger partial charge in [0.15, 0.2) is 5.82 Å². The van der Waals surface area contributed by atoms with Crippen molar-refractivity contribution < 1.29 is 14.6 Å². The minimum atomic E-state index is -0.613. The monoisotopic (exact) mass is 260 g/mol. The van der Waals surface area contributed by atoms with Gasteiger partial charge in [-0.3, -0.25) is 0 Å². The summed E-state index contributed by atoms with van der Waals surface area (Å²) >= 11 is 0. The van der Waals surface area contributed by atoms with Gasteiger partial charge in [-0.1, -0.05) is 0 Å². The van der Waals surface area contributed by atoms with Gasteiger partial charge in [0, 0.05) is 24.0 Å². The SMILES string of the molecule is COc1ccc(C(C)O)c(OCc2ncccn2)c1. The minimum Gasteiger partial charge on any atom is -0.497 e. The molecule has 0 saturated carbocycles. The van der Waals surface area contributed by atoms with Gasteiger partial charge in [0.25, 0.3) is 0 Å². The predicted octanol–water partition coefficient (Wildman–Crippen LogP) is 2.12. The Labute approximate surface area is 111 Å². The molecule has 100 valence electrons. The molecule has 0 aliphatic carbocycles. The topological polar surface area (TPSA) is 64.5 Å². The van der Waals surface area contributed by atoms with E-state index in [0.29, 0.717) is 22.9 Å². The first-order chi connectivity index (χ1) is 9.20. The Bertz CT molecular complexity index is 529. The number of ether oxygens (including phenoxy) is 2. The first kappa shape index (κ1) is 13.3. The lowest BCUT2D eigenvalue weighted by atomic mass is 10.1. The summed E-state index contributed by atoms with van der Waals surface area (Å²) in [6.07, 6.45) is 2.71. The molecule has 0 radical (unpaired) electrons. The van der Waals surface area contributed by atoms with E-state index in [4.69, 9.17) is 9.47 Å². The lowest BCUT2D eigenvalue weighted by Gasteiger charge is -2.14. The minimum absolute atomic E-state index is 0.244. The Hall–Kier alpha value is -2.14. The molecule has 1 aromatic carbocycles. The average Bonchev–Trinajstić information content (AvgIpc) is 2.45. The van der Waals surface area contributed by atoms with Crippen molar-refractivity contribution in [3.63, 3.8) is 0 Å². The smallest absolute Gasteiger partial charge is 0.166 e. The van der Waals surface area contributed by atoms with E-state index in [1.54, 1.807) is 50.7 Å². The summed E-state index contributed by atoms with van der Waals surface area (Å²) in [5, 5.41) is 9.71. The van der Waals surface area contributed by atoms with Crippen LogP contribution in [0.15, 0.2) is 36.7 Å². The van der Waals surface area contributed by atoms with E-state index in [-0.39, 0.29) is 6.61 Å². The van der Waals surface area contributed by atoms with Crippen molar-refractivity contribution in [2.24, 2.45) is 0 Å². The van der Waals surface area contributed by atoms with Crippen LogP contribution in [-0.2, 0) is 6.61 Å². The molecule has 2 aromatic rings. The van der Waals surface area contributed by atoms with E-state index in [9.17, 15) is 5.11 Å². The molecule has 0 aliphatic heterocycles. The number of hydrogen-bond donors (Lipinski definition) is 1. The fraction of sp³-hybridized carbons (Fsp3) is 0.286. The Balaban J connectivity index is 2.18. The quantitative estimate of drug-likeness (QED) is 0.892. The van der Waals surface area contributed by atoms with E-state index < -0.39 is 6.10 Å². The summed E-state index contributed by atoms with van der Waals surface area (Å²) < 4.78 is 10.8. The van der Waals surface area contributed by atoms with Crippen LogP contribution < -0.4 is 9.47 Å². The van der Waals surface area contributed by atoms with Crippen LogP contribution in [0.5, 0.6) is 11.5 Å². The Kier molecular flexibility index (Phi) is 4.30. The molecule has 1 atom stereocenters. The summed E-state index contributed by atoms with van der Waals surface area (Å²) in [5.41, 5.74) is 0.705. The van der Waals surface area contributed by atoms with E-state index in [0.717, 1.165) is 0 Å². The molecule has 0 aliphatic rings. The highest BCUT2D eigenvalue weighted by Crippen LogP contribution is 2.29. The number of benzene rings is 1. The molecular weight excluding hydrogens is 244 g/mol. The first-order valence-electron chi connectivity index (χ1n) is 5.95. The number of methoxy groups -OCH3 is 1. The zero-order valence-electron chi connectivity index (χ0n) is 10.9. The van der Waals surface area contributed by atoms with Gasteiger partial charge >= 0.3 is 0 Å². The molecule has 19 heavy (non-hydrogen) atoms. The highest BCUT2D eigenvalue weighted by molar-refractivity contribution is 5.41. The maximum atomic E-state index is 9.71. The zero-order valence-corrected chi connectivity index (χ0v) is 10.9. The fourth-order valence-electron chi connectivity index (χ4n) is 1.66. The fourth-order valence-corrected chi connectivity index (χ4v) is 1.66. The molecule has 0 spiro atoms. The summed E-state index contributed by atoms with van der Waals surface area (Å²) in [5.74, 6) is 1.83. The zero-order chi connectivity index (χ0) is 13.7. The van der Waals surface area contributed by atoms with Crippen molar-refractivity contribution in [3.8, 4) is 11.5 Å². The van der Waals surface area contributed by atoms with Crippen LogP contribution in [0.25, 0.3) is 0 Å². The van der Waals surface area contributed by atoms with Crippen molar-refractivity contribution in [3.05, 3.63) is 48.0 Å². The maximum absolute atomic E-state index is 9.71. The van der Waals surface area contributed by atoms with Crippen LogP contribution in [0.3, 0.4) is 0 Å². The van der Waals surface area contributed by atoms with Gasteiger partial charge in [-0.05, 0) is 25.1 Å². The molecule has 0 saturated heterocycles. The largest absolute Gasteiger partial charge is 0.497 e. The number of aliphatic hydroxyl groups is 1. The molecule has 1 aromatic heterocycles. The first-order valence-corrected chi connectivity index (χ1v) is 5.95. The normalized spacial score (nSPS) is 11.9. The molecule has 0 amide bonds. The van der Waals surface area contributed by atoms with Crippen LogP contribution >= 0.6 is 0 Å². The number of aliphatic hydroxyl groups excluding tert-OH is 1. The third-order valence-corrected chi connectivity index (χ3v) is 2.65. The van der Waals surface area contributed by atoms with Gasteiger partial charge in [0.2, 0.25) is 0 Å². The van der Waals surface area contributed by atoms with Gasteiger partial charge in [-0.25, -0.2) is 9.97 Å². The summed E-state index contributed by atoms with van der Waals surface area (Å²) in [7, 11) is 1.58. The average molecular weight is 260 g/mol. The highest BCUT2D eigenvalue weighted by Gasteiger charge is 2.11. The predicted molar refractivity (Wildman–Crippen MR) is 70.0 cm³/mol. The van der Waals surface area contributed by atoms with Gasteiger partial charge < -0.3 is 14.6 Å². The van der Waals surface area contributed by atoms with Crippen molar-refractivity contribution >= 4 is 0 Å². The van der Waals surface area contributed by atoms with E-state index in [1.165, 1.54) is 0 Å². The van der Waals surface area contributed by atoms with Crippen LogP contribution in [0, 0.1) is 0 Å². The summed E-state index contributed by atoms with van der Waals surface area (Å²) in [6, 6.07) is 7.06. The molecule has 0 fully saturated rings. The van der Waals surface area contributed by atoms with Crippen molar-refractivity contribution in [1.82, 2.24) is 9.97 Å². The van der Waals surface area contributed by atoms with Crippen LogP contribution in [0.2, 0.25) is 0 Å². The summed E-state index contributed by atoms with van der Waals surface area (Å²) in [6.45, 7) is 1.93. The van der Waals surface area contributed by atoms with E-state index >= 15 is 0 Å². The number of rotatable bonds is 5. The molecular formula is C14H16N2O3. The van der Waals surface area contributed by atoms with Crippen LogP contribution in [0.4, 0.5) is 0 Å². The number of nitrogens with zero attached hydrogens (tertiary/aromatic N) is 2. The van der Waals surface area contributed by atoms with Crippen molar-refractivity contribution in [2.75, 3.05) is 7.11 Å². The molecule has 1 unspecified atom stereocenters. The van der Waals surface area contributed by atoms with Crippen molar-refractivity contribution in [1.29, 1.82) is 0 Å².